The van der Waals surface area contributed by atoms with Crippen molar-refractivity contribution < 1.29 is 14.3 Å². The van der Waals surface area contributed by atoms with E-state index in [4.69, 9.17) is 5.11 Å². The second kappa shape index (κ2) is 9.21. The number of carbonyl (C=O) groups is 1. The van der Waals surface area contributed by atoms with Crippen LogP contribution < -0.4 is 10.2 Å². The Morgan fingerprint density at radius 2 is 1.87 bits per heavy atom. The van der Waals surface area contributed by atoms with E-state index < -0.39 is 5.97 Å². The SMILES string of the molecule is Cc1c(CNc2ccc(CCC(=O)O)c(F)c2)ccc2c1N(c1ccccc1)CCC2. The van der Waals surface area contributed by atoms with Gasteiger partial charge in [0.15, 0.2) is 0 Å². The number of anilines is 3. The number of fused-ring (bicyclic) bond motifs is 1. The molecule has 0 fully saturated rings. The number of aliphatic carboxylic acids is 1. The normalized spacial score (nSPS) is 13.0. The van der Waals surface area contributed by atoms with Crippen LogP contribution in [0, 0.1) is 12.7 Å². The van der Waals surface area contributed by atoms with Crippen LogP contribution in [0.3, 0.4) is 0 Å². The standard InChI is InChI=1S/C26H27FN2O2/c1-18-21(17-28-22-13-11-19(24(27)16-22)12-14-25(30)31)10-9-20-6-5-15-29(26(18)20)23-7-3-2-4-8-23/h2-4,7-11,13,16,28H,5-6,12,14-15,17H2,1H3,(H,30,31). The number of carboxylic acids is 1. The van der Waals surface area contributed by atoms with Crippen LogP contribution in [0.1, 0.15) is 35.1 Å². The number of aryl methyl sites for hydroxylation is 2. The van der Waals surface area contributed by atoms with Gasteiger partial charge in [-0.15, -0.1) is 0 Å². The maximum atomic E-state index is 14.3. The first kappa shape index (κ1) is 20.9. The van der Waals surface area contributed by atoms with Gasteiger partial charge in [-0.05, 0) is 72.7 Å². The number of benzene rings is 3. The van der Waals surface area contributed by atoms with Crippen LogP contribution in [0.25, 0.3) is 0 Å². The Kier molecular flexibility index (Phi) is 6.21. The lowest BCUT2D eigenvalue weighted by Gasteiger charge is -2.34. The number of nitrogens with zero attached hydrogens (tertiary/aromatic N) is 1. The lowest BCUT2D eigenvalue weighted by Crippen LogP contribution is -2.26. The number of rotatable bonds is 7. The summed E-state index contributed by atoms with van der Waals surface area (Å²) in [7, 11) is 0. The van der Waals surface area contributed by atoms with Gasteiger partial charge in [0.05, 0.1) is 0 Å². The van der Waals surface area contributed by atoms with Gasteiger partial charge >= 0.3 is 5.97 Å². The first-order chi connectivity index (χ1) is 15.0. The molecule has 0 saturated carbocycles. The van der Waals surface area contributed by atoms with E-state index >= 15 is 0 Å². The molecule has 0 spiro atoms. The molecule has 0 saturated heterocycles. The van der Waals surface area contributed by atoms with Gasteiger partial charge in [0.2, 0.25) is 0 Å². The van der Waals surface area contributed by atoms with Crippen LogP contribution in [0.15, 0.2) is 60.7 Å². The van der Waals surface area contributed by atoms with Crippen molar-refractivity contribution >= 4 is 23.0 Å². The highest BCUT2D eigenvalue weighted by atomic mass is 19.1. The van der Waals surface area contributed by atoms with Crippen molar-refractivity contribution in [3.8, 4) is 0 Å². The molecule has 31 heavy (non-hydrogen) atoms. The van der Waals surface area contributed by atoms with Gasteiger partial charge in [-0.1, -0.05) is 36.4 Å². The van der Waals surface area contributed by atoms with Crippen molar-refractivity contribution in [2.24, 2.45) is 0 Å². The summed E-state index contributed by atoms with van der Waals surface area (Å²) in [4.78, 5) is 13.1. The second-order valence-electron chi connectivity index (χ2n) is 8.00. The third kappa shape index (κ3) is 4.71. The zero-order chi connectivity index (χ0) is 21.8. The molecule has 0 radical (unpaired) electrons. The first-order valence-electron chi connectivity index (χ1n) is 10.7. The third-order valence-corrected chi connectivity index (χ3v) is 5.94. The van der Waals surface area contributed by atoms with Crippen LogP contribution in [0.2, 0.25) is 0 Å². The average Bonchev–Trinajstić information content (AvgIpc) is 2.78. The summed E-state index contributed by atoms with van der Waals surface area (Å²) in [6.07, 6.45) is 2.33. The minimum Gasteiger partial charge on any atom is -0.481 e. The van der Waals surface area contributed by atoms with Gasteiger partial charge in [0.1, 0.15) is 5.82 Å². The van der Waals surface area contributed by atoms with E-state index in [-0.39, 0.29) is 18.7 Å². The first-order valence-corrected chi connectivity index (χ1v) is 10.7. The monoisotopic (exact) mass is 418 g/mol. The topological polar surface area (TPSA) is 52.6 Å². The van der Waals surface area contributed by atoms with Crippen molar-refractivity contribution in [2.45, 2.75) is 39.2 Å². The molecule has 1 heterocycles. The molecular formula is C26H27FN2O2. The molecule has 1 aliphatic rings. The largest absolute Gasteiger partial charge is 0.481 e. The number of halogens is 1. The molecule has 4 nitrogen and oxygen atoms in total. The van der Waals surface area contributed by atoms with Crippen LogP contribution >= 0.6 is 0 Å². The maximum Gasteiger partial charge on any atom is 0.303 e. The van der Waals surface area contributed by atoms with E-state index in [2.05, 4.69) is 53.5 Å². The predicted octanol–water partition coefficient (Wildman–Crippen LogP) is 5.85. The van der Waals surface area contributed by atoms with Crippen molar-refractivity contribution in [3.63, 3.8) is 0 Å². The fraction of sp³-hybridized carbons (Fsp3) is 0.269. The Balaban J connectivity index is 1.53. The minimum atomic E-state index is -0.922. The smallest absolute Gasteiger partial charge is 0.303 e. The molecule has 4 rings (SSSR count). The molecule has 0 unspecified atom stereocenters. The molecule has 160 valence electrons. The van der Waals surface area contributed by atoms with Crippen molar-refractivity contribution in [1.29, 1.82) is 0 Å². The van der Waals surface area contributed by atoms with Gasteiger partial charge in [-0.2, -0.15) is 0 Å². The molecule has 2 N–H and O–H groups in total. The highest BCUT2D eigenvalue weighted by Crippen LogP contribution is 2.37. The van der Waals surface area contributed by atoms with Gasteiger partial charge in [0.25, 0.3) is 0 Å². The molecule has 0 atom stereocenters. The molecule has 5 heteroatoms. The zero-order valence-electron chi connectivity index (χ0n) is 17.7. The molecule has 0 bridgehead atoms. The number of nitrogens with one attached hydrogen (secondary N) is 1. The fourth-order valence-electron chi connectivity index (χ4n) is 4.27. The highest BCUT2D eigenvalue weighted by molar-refractivity contribution is 5.72. The lowest BCUT2D eigenvalue weighted by atomic mass is 9.94. The summed E-state index contributed by atoms with van der Waals surface area (Å²) < 4.78 is 14.3. The maximum absolute atomic E-state index is 14.3. The second-order valence-corrected chi connectivity index (χ2v) is 8.00. The highest BCUT2D eigenvalue weighted by Gasteiger charge is 2.21. The van der Waals surface area contributed by atoms with E-state index in [1.54, 1.807) is 6.07 Å². The van der Waals surface area contributed by atoms with Gasteiger partial charge in [-0.25, -0.2) is 4.39 Å². The van der Waals surface area contributed by atoms with E-state index in [9.17, 15) is 9.18 Å². The Morgan fingerprint density at radius 3 is 2.61 bits per heavy atom. The van der Waals surface area contributed by atoms with Gasteiger partial charge in [0, 0.05) is 36.6 Å². The Hall–Kier alpha value is -3.34. The van der Waals surface area contributed by atoms with E-state index in [1.165, 1.54) is 34.1 Å². The Labute approximate surface area is 182 Å². The summed E-state index contributed by atoms with van der Waals surface area (Å²) in [6.45, 7) is 3.75. The van der Waals surface area contributed by atoms with Gasteiger partial charge < -0.3 is 15.3 Å². The molecule has 1 aliphatic heterocycles. The van der Waals surface area contributed by atoms with Crippen molar-refractivity contribution in [1.82, 2.24) is 0 Å². The predicted molar refractivity (Wildman–Crippen MR) is 123 cm³/mol. The van der Waals surface area contributed by atoms with E-state index in [0.29, 0.717) is 17.8 Å². The van der Waals surface area contributed by atoms with Crippen molar-refractivity contribution in [2.75, 3.05) is 16.8 Å². The fourth-order valence-corrected chi connectivity index (χ4v) is 4.27. The van der Waals surface area contributed by atoms with Crippen molar-refractivity contribution in [3.05, 3.63) is 88.7 Å². The average molecular weight is 419 g/mol. The molecule has 0 amide bonds. The Morgan fingerprint density at radius 1 is 1.10 bits per heavy atom. The molecule has 0 aliphatic carbocycles. The minimum absolute atomic E-state index is 0.0735. The zero-order valence-corrected chi connectivity index (χ0v) is 17.7. The lowest BCUT2D eigenvalue weighted by molar-refractivity contribution is -0.136. The van der Waals surface area contributed by atoms with Gasteiger partial charge in [-0.3, -0.25) is 4.79 Å². The molecule has 3 aromatic rings. The molecule has 3 aromatic carbocycles. The van der Waals surface area contributed by atoms with Crippen LogP contribution in [0.5, 0.6) is 0 Å². The number of carboxylic acid groups (broad SMARTS) is 1. The molecular weight excluding hydrogens is 391 g/mol. The third-order valence-electron chi connectivity index (χ3n) is 5.94. The number of hydrogen-bond donors (Lipinski definition) is 2. The van der Waals surface area contributed by atoms with Crippen LogP contribution in [0.4, 0.5) is 21.5 Å². The summed E-state index contributed by atoms with van der Waals surface area (Å²) in [6, 6.07) is 19.8. The summed E-state index contributed by atoms with van der Waals surface area (Å²) in [5.41, 5.74) is 7.39. The van der Waals surface area contributed by atoms with Crippen LogP contribution in [-0.2, 0) is 24.2 Å². The summed E-state index contributed by atoms with van der Waals surface area (Å²) >= 11 is 0. The summed E-state index contributed by atoms with van der Waals surface area (Å²) in [5, 5.41) is 12.1. The summed E-state index contributed by atoms with van der Waals surface area (Å²) in [5.74, 6) is -1.29. The number of hydrogen-bond acceptors (Lipinski definition) is 3. The quantitative estimate of drug-likeness (QED) is 0.506. The Bertz CT molecular complexity index is 1080. The van der Waals surface area contributed by atoms with E-state index in [1.807, 2.05) is 12.1 Å². The molecule has 0 aromatic heterocycles. The van der Waals surface area contributed by atoms with E-state index in [0.717, 1.165) is 19.4 Å². The number of para-hydroxylation sites is 1. The van der Waals surface area contributed by atoms with Crippen LogP contribution in [-0.4, -0.2) is 17.6 Å².